The summed E-state index contributed by atoms with van der Waals surface area (Å²) in [6.07, 6.45) is 1.66. The van der Waals surface area contributed by atoms with E-state index in [1.54, 1.807) is 6.20 Å². The van der Waals surface area contributed by atoms with Crippen molar-refractivity contribution < 1.29 is 4.21 Å². The predicted octanol–water partition coefficient (Wildman–Crippen LogP) is 1.59. The molecule has 0 spiro atoms. The van der Waals surface area contributed by atoms with Crippen molar-refractivity contribution in [3.63, 3.8) is 0 Å². The van der Waals surface area contributed by atoms with Gasteiger partial charge in [-0.05, 0) is 6.07 Å². The molecule has 1 rings (SSSR count). The molecular weight excluding hydrogens is 232 g/mol. The van der Waals surface area contributed by atoms with Gasteiger partial charge in [0.1, 0.15) is 5.15 Å². The van der Waals surface area contributed by atoms with E-state index in [0.717, 1.165) is 17.9 Å². The fourth-order valence-corrected chi connectivity index (χ4v) is 1.95. The third kappa shape index (κ3) is 4.73. The van der Waals surface area contributed by atoms with Crippen LogP contribution >= 0.6 is 11.6 Å². The van der Waals surface area contributed by atoms with Crippen molar-refractivity contribution in [1.29, 1.82) is 0 Å². The Balaban J connectivity index is 2.26. The van der Waals surface area contributed by atoms with Gasteiger partial charge in [-0.2, -0.15) is 0 Å². The topological polar surface area (TPSA) is 42.0 Å². The Kier molecular flexibility index (Phi) is 5.83. The molecule has 1 heterocycles. The summed E-state index contributed by atoms with van der Waals surface area (Å²) in [5.41, 5.74) is 0.974. The SMILES string of the molecule is CCS(=O)CCNCc1cccnc1Cl. The number of halogens is 1. The molecule has 1 aromatic heterocycles. The molecule has 84 valence electrons. The normalized spacial score (nSPS) is 12.7. The van der Waals surface area contributed by atoms with Gasteiger partial charge >= 0.3 is 0 Å². The molecule has 0 aliphatic heterocycles. The third-order valence-corrected chi connectivity index (χ3v) is 3.62. The monoisotopic (exact) mass is 246 g/mol. The first-order valence-corrected chi connectivity index (χ1v) is 6.75. The van der Waals surface area contributed by atoms with Gasteiger partial charge < -0.3 is 5.32 Å². The summed E-state index contributed by atoms with van der Waals surface area (Å²) >= 11 is 5.88. The maximum Gasteiger partial charge on any atom is 0.133 e. The first kappa shape index (κ1) is 12.6. The predicted molar refractivity (Wildman–Crippen MR) is 64.5 cm³/mol. The van der Waals surface area contributed by atoms with Crippen LogP contribution in [0.5, 0.6) is 0 Å². The number of hydrogen-bond donors (Lipinski definition) is 1. The molecule has 3 nitrogen and oxygen atoms in total. The second-order valence-corrected chi connectivity index (χ2v) is 5.29. The lowest BCUT2D eigenvalue weighted by atomic mass is 10.3. The summed E-state index contributed by atoms with van der Waals surface area (Å²) in [5, 5.41) is 3.72. The number of aromatic nitrogens is 1. The van der Waals surface area contributed by atoms with E-state index in [1.165, 1.54) is 0 Å². The molecule has 1 unspecified atom stereocenters. The Labute approximate surface area is 97.7 Å². The van der Waals surface area contributed by atoms with Gasteiger partial charge in [0.05, 0.1) is 0 Å². The lowest BCUT2D eigenvalue weighted by Gasteiger charge is -2.05. The molecule has 0 aliphatic carbocycles. The minimum atomic E-state index is -0.701. The first-order valence-electron chi connectivity index (χ1n) is 4.89. The minimum Gasteiger partial charge on any atom is -0.312 e. The Morgan fingerprint density at radius 2 is 2.40 bits per heavy atom. The summed E-state index contributed by atoms with van der Waals surface area (Å²) in [5.74, 6) is 1.41. The van der Waals surface area contributed by atoms with Gasteiger partial charge in [0.2, 0.25) is 0 Å². The van der Waals surface area contributed by atoms with E-state index in [2.05, 4.69) is 10.3 Å². The maximum atomic E-state index is 11.1. The molecule has 0 fully saturated rings. The second-order valence-electron chi connectivity index (χ2n) is 3.06. The largest absolute Gasteiger partial charge is 0.312 e. The Morgan fingerprint density at radius 3 is 3.07 bits per heavy atom. The molecule has 5 heteroatoms. The molecule has 1 aromatic rings. The lowest BCUT2D eigenvalue weighted by molar-refractivity contribution is 0.673. The molecule has 0 bridgehead atoms. The molecular formula is C10H15ClN2OS. The maximum absolute atomic E-state index is 11.1. The number of rotatable bonds is 6. The summed E-state index contributed by atoms with van der Waals surface area (Å²) in [6.45, 7) is 3.34. The van der Waals surface area contributed by atoms with E-state index >= 15 is 0 Å². The van der Waals surface area contributed by atoms with Crippen LogP contribution in [-0.2, 0) is 17.3 Å². The van der Waals surface area contributed by atoms with Gasteiger partial charge in [0, 0.05) is 47.2 Å². The van der Waals surface area contributed by atoms with Gasteiger partial charge in [-0.1, -0.05) is 24.6 Å². The van der Waals surface area contributed by atoms with Crippen molar-refractivity contribution in [2.45, 2.75) is 13.5 Å². The Bertz CT molecular complexity index is 333. The van der Waals surface area contributed by atoms with Gasteiger partial charge in [0.15, 0.2) is 0 Å². The third-order valence-electron chi connectivity index (χ3n) is 1.98. The van der Waals surface area contributed by atoms with Crippen LogP contribution in [0.25, 0.3) is 0 Å². The van der Waals surface area contributed by atoms with E-state index in [1.807, 2.05) is 19.1 Å². The van der Waals surface area contributed by atoms with Gasteiger partial charge in [-0.15, -0.1) is 0 Å². The van der Waals surface area contributed by atoms with Crippen LogP contribution < -0.4 is 5.32 Å². The molecule has 15 heavy (non-hydrogen) atoms. The summed E-state index contributed by atoms with van der Waals surface area (Å²) < 4.78 is 11.1. The zero-order valence-electron chi connectivity index (χ0n) is 8.70. The standard InChI is InChI=1S/C10H15ClN2OS/c1-2-15(14)7-6-12-8-9-4-3-5-13-10(9)11/h3-5,12H,2,6-8H2,1H3. The zero-order valence-corrected chi connectivity index (χ0v) is 10.3. The molecule has 1 N–H and O–H groups in total. The highest BCUT2D eigenvalue weighted by Gasteiger charge is 2.00. The zero-order chi connectivity index (χ0) is 11.1. The average molecular weight is 247 g/mol. The molecule has 0 aliphatic rings. The molecule has 0 saturated carbocycles. The molecule has 0 radical (unpaired) electrons. The average Bonchev–Trinajstić information content (AvgIpc) is 2.26. The Morgan fingerprint density at radius 1 is 1.60 bits per heavy atom. The van der Waals surface area contributed by atoms with E-state index in [-0.39, 0.29) is 0 Å². The van der Waals surface area contributed by atoms with E-state index in [9.17, 15) is 4.21 Å². The van der Waals surface area contributed by atoms with Crippen LogP contribution in [0.4, 0.5) is 0 Å². The summed E-state index contributed by atoms with van der Waals surface area (Å²) in [7, 11) is -0.701. The van der Waals surface area contributed by atoms with E-state index < -0.39 is 10.8 Å². The second kappa shape index (κ2) is 6.93. The molecule has 0 saturated heterocycles. The smallest absolute Gasteiger partial charge is 0.133 e. The van der Waals surface area contributed by atoms with Crippen LogP contribution in [0.15, 0.2) is 18.3 Å². The van der Waals surface area contributed by atoms with Crippen molar-refractivity contribution in [3.05, 3.63) is 29.0 Å². The molecule has 0 aromatic carbocycles. The van der Waals surface area contributed by atoms with Crippen LogP contribution in [0.2, 0.25) is 5.15 Å². The van der Waals surface area contributed by atoms with Gasteiger partial charge in [0.25, 0.3) is 0 Å². The van der Waals surface area contributed by atoms with Gasteiger partial charge in [-0.25, -0.2) is 4.98 Å². The summed E-state index contributed by atoms with van der Waals surface area (Å²) in [4.78, 5) is 3.97. The highest BCUT2D eigenvalue weighted by Crippen LogP contribution is 2.10. The van der Waals surface area contributed by atoms with E-state index in [4.69, 9.17) is 11.6 Å². The number of pyridine rings is 1. The fraction of sp³-hybridized carbons (Fsp3) is 0.500. The van der Waals surface area contributed by atoms with Crippen molar-refractivity contribution in [2.24, 2.45) is 0 Å². The number of nitrogens with zero attached hydrogens (tertiary/aromatic N) is 1. The summed E-state index contributed by atoms with van der Waals surface area (Å²) in [6, 6.07) is 3.78. The minimum absolute atomic E-state index is 0.529. The highest BCUT2D eigenvalue weighted by atomic mass is 35.5. The Hall–Kier alpha value is -0.450. The van der Waals surface area contributed by atoms with Gasteiger partial charge in [-0.3, -0.25) is 4.21 Å². The number of hydrogen-bond acceptors (Lipinski definition) is 3. The van der Waals surface area contributed by atoms with Crippen molar-refractivity contribution in [2.75, 3.05) is 18.1 Å². The van der Waals surface area contributed by atoms with E-state index in [0.29, 0.717) is 17.5 Å². The van der Waals surface area contributed by atoms with Crippen molar-refractivity contribution in [1.82, 2.24) is 10.3 Å². The number of nitrogens with one attached hydrogen (secondary N) is 1. The van der Waals surface area contributed by atoms with Crippen LogP contribution in [0.3, 0.4) is 0 Å². The highest BCUT2D eigenvalue weighted by molar-refractivity contribution is 7.84. The first-order chi connectivity index (χ1) is 7.24. The van der Waals surface area contributed by atoms with Crippen molar-refractivity contribution in [3.8, 4) is 0 Å². The van der Waals surface area contributed by atoms with Crippen LogP contribution in [0, 0.1) is 0 Å². The van der Waals surface area contributed by atoms with Crippen LogP contribution in [0.1, 0.15) is 12.5 Å². The molecule has 1 atom stereocenters. The lowest BCUT2D eigenvalue weighted by Crippen LogP contribution is -2.20. The molecule has 0 amide bonds. The fourth-order valence-electron chi connectivity index (χ4n) is 1.10. The van der Waals surface area contributed by atoms with Crippen molar-refractivity contribution >= 4 is 22.4 Å². The van der Waals surface area contributed by atoms with Crippen LogP contribution in [-0.4, -0.2) is 27.2 Å². The quantitative estimate of drug-likeness (QED) is 0.612.